The van der Waals surface area contributed by atoms with Gasteiger partial charge in [0.15, 0.2) is 5.16 Å². The van der Waals surface area contributed by atoms with E-state index in [1.807, 2.05) is 43.3 Å². The number of ether oxygens (including phenoxy) is 1. The van der Waals surface area contributed by atoms with Crippen LogP contribution in [0.1, 0.15) is 29.9 Å². The smallest absolute Gasteiger partial charge is 0.267 e. The van der Waals surface area contributed by atoms with Crippen molar-refractivity contribution in [1.82, 2.24) is 14.5 Å². The zero-order valence-corrected chi connectivity index (χ0v) is 22.7. The first-order valence-corrected chi connectivity index (χ1v) is 14.1. The Balaban J connectivity index is 1.62. The average molecular weight is 547 g/mol. The van der Waals surface area contributed by atoms with Gasteiger partial charge < -0.3 is 4.74 Å². The normalized spacial score (nSPS) is 13.8. The van der Waals surface area contributed by atoms with E-state index >= 15 is 0 Å². The monoisotopic (exact) mass is 545 g/mol. The number of benzene rings is 2. The van der Waals surface area contributed by atoms with Crippen LogP contribution in [-0.4, -0.2) is 34.1 Å². The van der Waals surface area contributed by atoms with Crippen molar-refractivity contribution in [2.24, 2.45) is 0 Å². The van der Waals surface area contributed by atoms with Gasteiger partial charge in [0.25, 0.3) is 5.56 Å². The summed E-state index contributed by atoms with van der Waals surface area (Å²) >= 11 is 15.6. The van der Waals surface area contributed by atoms with E-state index < -0.39 is 0 Å². The number of thioether (sulfide) groups is 1. The van der Waals surface area contributed by atoms with Crippen LogP contribution in [0.15, 0.2) is 52.4 Å². The first-order chi connectivity index (χ1) is 17.0. The number of hydrogen-bond donors (Lipinski definition) is 0. The molecule has 9 heteroatoms. The summed E-state index contributed by atoms with van der Waals surface area (Å²) in [6.07, 6.45) is 0.871. The van der Waals surface area contributed by atoms with Gasteiger partial charge in [-0.15, -0.1) is 11.3 Å². The summed E-state index contributed by atoms with van der Waals surface area (Å²) in [4.78, 5) is 23.5. The molecule has 182 valence electrons. The van der Waals surface area contributed by atoms with Crippen molar-refractivity contribution in [3.05, 3.63) is 78.9 Å². The summed E-state index contributed by atoms with van der Waals surface area (Å²) in [5.41, 5.74) is 2.84. The van der Waals surface area contributed by atoms with Gasteiger partial charge in [-0.2, -0.15) is 0 Å². The zero-order chi connectivity index (χ0) is 24.5. The van der Waals surface area contributed by atoms with Crippen LogP contribution in [0.25, 0.3) is 15.9 Å². The van der Waals surface area contributed by atoms with Crippen molar-refractivity contribution in [3.8, 4) is 11.4 Å². The highest BCUT2D eigenvalue weighted by Crippen LogP contribution is 2.35. The van der Waals surface area contributed by atoms with Crippen molar-refractivity contribution < 1.29 is 4.74 Å². The number of aromatic nitrogens is 2. The lowest BCUT2D eigenvalue weighted by Gasteiger charge is -2.25. The molecular weight excluding hydrogens is 521 g/mol. The van der Waals surface area contributed by atoms with E-state index in [0.29, 0.717) is 27.6 Å². The number of thiophene rings is 1. The topological polar surface area (TPSA) is 47.4 Å². The molecule has 0 spiro atoms. The minimum Gasteiger partial charge on any atom is -0.494 e. The van der Waals surface area contributed by atoms with Crippen LogP contribution in [0.3, 0.4) is 0 Å². The maximum Gasteiger partial charge on any atom is 0.267 e. The second-order valence-electron chi connectivity index (χ2n) is 8.29. The van der Waals surface area contributed by atoms with Crippen molar-refractivity contribution in [2.75, 3.05) is 19.7 Å². The summed E-state index contributed by atoms with van der Waals surface area (Å²) < 4.78 is 7.33. The van der Waals surface area contributed by atoms with E-state index in [9.17, 15) is 4.79 Å². The largest absolute Gasteiger partial charge is 0.494 e. The average Bonchev–Trinajstić information content (AvgIpc) is 3.22. The molecule has 0 radical (unpaired) electrons. The SMILES string of the molecule is CCOc1ccc(-n2c(SCc3ccc(Cl)cc3Cl)nc3sc4c(c3c2=O)CCN(CC)C4)cc1. The summed E-state index contributed by atoms with van der Waals surface area (Å²) in [5, 5.41) is 2.60. The van der Waals surface area contributed by atoms with Gasteiger partial charge in [0.1, 0.15) is 10.6 Å². The van der Waals surface area contributed by atoms with Gasteiger partial charge in [-0.05, 0) is 67.4 Å². The molecule has 2 aromatic heterocycles. The highest BCUT2D eigenvalue weighted by Gasteiger charge is 2.25. The standard InChI is InChI=1S/C26H25Cl2N3O2S2/c1-3-30-12-11-20-22(14-30)35-24-23(20)25(32)31(18-7-9-19(10-8-18)33-4-2)26(29-24)34-15-16-5-6-17(27)13-21(16)28/h5-10,13H,3-4,11-12,14-15H2,1-2H3. The van der Waals surface area contributed by atoms with Crippen LogP contribution in [-0.2, 0) is 18.7 Å². The highest BCUT2D eigenvalue weighted by molar-refractivity contribution is 7.98. The van der Waals surface area contributed by atoms with E-state index in [1.165, 1.54) is 16.6 Å². The quantitative estimate of drug-likeness (QED) is 0.188. The van der Waals surface area contributed by atoms with Crippen LogP contribution in [0.5, 0.6) is 5.75 Å². The van der Waals surface area contributed by atoms with E-state index in [-0.39, 0.29) is 5.56 Å². The molecule has 1 aliphatic rings. The summed E-state index contributed by atoms with van der Waals surface area (Å²) in [6.45, 7) is 7.55. The zero-order valence-electron chi connectivity index (χ0n) is 19.5. The number of halogens is 2. The van der Waals surface area contributed by atoms with Crippen LogP contribution < -0.4 is 10.3 Å². The molecule has 0 saturated heterocycles. The Morgan fingerprint density at radius 1 is 1.14 bits per heavy atom. The number of fused-ring (bicyclic) bond motifs is 3. The van der Waals surface area contributed by atoms with Crippen LogP contribution in [0.2, 0.25) is 10.0 Å². The fraction of sp³-hybridized carbons (Fsp3) is 0.308. The molecule has 0 saturated carbocycles. The van der Waals surface area contributed by atoms with Crippen molar-refractivity contribution in [1.29, 1.82) is 0 Å². The third-order valence-electron chi connectivity index (χ3n) is 6.15. The molecule has 1 aliphatic heterocycles. The number of rotatable bonds is 7. The molecule has 0 fully saturated rings. The molecule has 2 aromatic carbocycles. The molecule has 3 heterocycles. The minimum atomic E-state index is -0.0219. The Kier molecular flexibility index (Phi) is 7.42. The first-order valence-electron chi connectivity index (χ1n) is 11.6. The Labute approximate surface area is 222 Å². The van der Waals surface area contributed by atoms with Crippen molar-refractivity contribution in [2.45, 2.75) is 37.7 Å². The lowest BCUT2D eigenvalue weighted by atomic mass is 10.1. The van der Waals surface area contributed by atoms with Crippen LogP contribution in [0.4, 0.5) is 0 Å². The molecule has 5 rings (SSSR count). The van der Waals surface area contributed by atoms with E-state index in [0.717, 1.165) is 58.8 Å². The summed E-state index contributed by atoms with van der Waals surface area (Å²) in [5.74, 6) is 1.34. The molecular formula is C26H25Cl2N3O2S2. The van der Waals surface area contributed by atoms with Gasteiger partial charge in [-0.3, -0.25) is 14.3 Å². The molecule has 0 amide bonds. The van der Waals surface area contributed by atoms with Crippen LogP contribution >= 0.6 is 46.3 Å². The van der Waals surface area contributed by atoms with Gasteiger partial charge in [0, 0.05) is 33.8 Å². The fourth-order valence-electron chi connectivity index (χ4n) is 4.31. The third kappa shape index (κ3) is 4.98. The highest BCUT2D eigenvalue weighted by atomic mass is 35.5. The van der Waals surface area contributed by atoms with Gasteiger partial charge in [-0.1, -0.05) is 48.0 Å². The van der Waals surface area contributed by atoms with Crippen molar-refractivity contribution in [3.63, 3.8) is 0 Å². The van der Waals surface area contributed by atoms with E-state index in [1.54, 1.807) is 22.0 Å². The number of hydrogen-bond acceptors (Lipinski definition) is 6. The van der Waals surface area contributed by atoms with Gasteiger partial charge in [-0.25, -0.2) is 4.98 Å². The predicted octanol–water partition coefficient (Wildman–Crippen LogP) is 6.82. The second kappa shape index (κ2) is 10.5. The van der Waals surface area contributed by atoms with Crippen molar-refractivity contribution >= 4 is 56.5 Å². The molecule has 0 unspecified atom stereocenters. The Morgan fingerprint density at radius 3 is 2.66 bits per heavy atom. The second-order valence-corrected chi connectivity index (χ2v) is 11.2. The van der Waals surface area contributed by atoms with Gasteiger partial charge in [0.2, 0.25) is 0 Å². The number of likely N-dealkylation sites (N-methyl/N-ethyl adjacent to an activating group) is 1. The molecule has 0 atom stereocenters. The summed E-state index contributed by atoms with van der Waals surface area (Å²) in [6, 6.07) is 13.1. The first kappa shape index (κ1) is 24.7. The third-order valence-corrected chi connectivity index (χ3v) is 8.83. The summed E-state index contributed by atoms with van der Waals surface area (Å²) in [7, 11) is 0. The molecule has 0 bridgehead atoms. The van der Waals surface area contributed by atoms with Gasteiger partial charge >= 0.3 is 0 Å². The molecule has 35 heavy (non-hydrogen) atoms. The van der Waals surface area contributed by atoms with E-state index in [2.05, 4.69) is 11.8 Å². The Morgan fingerprint density at radius 2 is 1.94 bits per heavy atom. The number of nitrogens with zero attached hydrogens (tertiary/aromatic N) is 3. The molecule has 4 aromatic rings. The molecule has 5 nitrogen and oxygen atoms in total. The lowest BCUT2D eigenvalue weighted by molar-refractivity contribution is 0.272. The minimum absolute atomic E-state index is 0.0219. The van der Waals surface area contributed by atoms with Crippen LogP contribution in [0, 0.1) is 0 Å². The van der Waals surface area contributed by atoms with Gasteiger partial charge in [0.05, 0.1) is 17.7 Å². The predicted molar refractivity (Wildman–Crippen MR) is 147 cm³/mol. The lowest BCUT2D eigenvalue weighted by Crippen LogP contribution is -2.30. The molecule has 0 aliphatic carbocycles. The fourth-order valence-corrected chi connectivity index (χ4v) is 7.18. The Hall–Kier alpha value is -2.03. The maximum atomic E-state index is 14.0. The maximum absolute atomic E-state index is 14.0. The Bertz CT molecular complexity index is 1430. The van der Waals surface area contributed by atoms with E-state index in [4.69, 9.17) is 32.9 Å². The molecule has 0 N–H and O–H groups in total.